The fraction of sp³-hybridized carbons (Fsp3) is 0.133. The molecule has 2 rings (SSSR count). The molecule has 19 heavy (non-hydrogen) atoms. The van der Waals surface area contributed by atoms with Gasteiger partial charge in [0, 0.05) is 11.7 Å². The van der Waals surface area contributed by atoms with E-state index in [4.69, 9.17) is 16.9 Å². The molecule has 0 radical (unpaired) electrons. The highest BCUT2D eigenvalue weighted by Crippen LogP contribution is 2.24. The van der Waals surface area contributed by atoms with E-state index in [-0.39, 0.29) is 11.1 Å². The Morgan fingerprint density at radius 3 is 2.74 bits per heavy atom. The van der Waals surface area contributed by atoms with Crippen LogP contribution in [0.3, 0.4) is 0 Å². The fourth-order valence-electron chi connectivity index (χ4n) is 1.80. The van der Waals surface area contributed by atoms with Gasteiger partial charge in [-0.1, -0.05) is 23.7 Å². The number of halogens is 2. The van der Waals surface area contributed by atoms with Crippen molar-refractivity contribution in [3.63, 3.8) is 0 Å². The Hall–Kier alpha value is -2.05. The number of rotatable bonds is 3. The summed E-state index contributed by atoms with van der Waals surface area (Å²) in [6, 6.07) is 13.9. The van der Waals surface area contributed by atoms with Gasteiger partial charge in [-0.25, -0.2) is 4.39 Å². The summed E-state index contributed by atoms with van der Waals surface area (Å²) >= 11 is 5.73. The van der Waals surface area contributed by atoms with E-state index in [2.05, 4.69) is 11.4 Å². The molecule has 0 bridgehead atoms. The van der Waals surface area contributed by atoms with Gasteiger partial charge in [-0.3, -0.25) is 0 Å². The van der Waals surface area contributed by atoms with E-state index in [1.807, 2.05) is 25.1 Å². The Morgan fingerprint density at radius 1 is 1.26 bits per heavy atom. The summed E-state index contributed by atoms with van der Waals surface area (Å²) in [6.07, 6.45) is 0. The highest BCUT2D eigenvalue weighted by Gasteiger charge is 2.07. The normalized spacial score (nSPS) is 11.7. The van der Waals surface area contributed by atoms with Crippen molar-refractivity contribution in [2.75, 3.05) is 5.32 Å². The van der Waals surface area contributed by atoms with Crippen LogP contribution in [0.15, 0.2) is 42.5 Å². The first-order valence-corrected chi connectivity index (χ1v) is 6.19. The first kappa shape index (κ1) is 13.4. The molecule has 2 aromatic rings. The Morgan fingerprint density at radius 2 is 2.05 bits per heavy atom. The van der Waals surface area contributed by atoms with Crippen molar-refractivity contribution in [2.45, 2.75) is 13.0 Å². The number of hydrogen-bond donors (Lipinski definition) is 1. The molecule has 0 heterocycles. The number of nitrogens with one attached hydrogen (secondary N) is 1. The van der Waals surface area contributed by atoms with Crippen molar-refractivity contribution < 1.29 is 4.39 Å². The molecule has 0 saturated heterocycles. The predicted octanol–water partition coefficient (Wildman–Crippen LogP) is 4.52. The molecule has 96 valence electrons. The number of anilines is 1. The Bertz CT molecular complexity index is 634. The summed E-state index contributed by atoms with van der Waals surface area (Å²) in [6.45, 7) is 1.97. The Kier molecular flexibility index (Phi) is 4.03. The van der Waals surface area contributed by atoms with Crippen molar-refractivity contribution >= 4 is 17.3 Å². The molecule has 0 fully saturated rings. The zero-order chi connectivity index (χ0) is 13.8. The summed E-state index contributed by atoms with van der Waals surface area (Å²) in [5, 5.41) is 12.2. The van der Waals surface area contributed by atoms with Gasteiger partial charge in [0.2, 0.25) is 0 Å². The van der Waals surface area contributed by atoms with E-state index >= 15 is 0 Å². The van der Waals surface area contributed by atoms with Gasteiger partial charge in [0.1, 0.15) is 5.82 Å². The third-order valence-corrected chi connectivity index (χ3v) is 3.11. The van der Waals surface area contributed by atoms with Gasteiger partial charge < -0.3 is 5.32 Å². The van der Waals surface area contributed by atoms with E-state index in [0.29, 0.717) is 5.56 Å². The molecule has 0 aliphatic heterocycles. The molecule has 0 saturated carbocycles. The van der Waals surface area contributed by atoms with Crippen molar-refractivity contribution in [3.8, 4) is 6.07 Å². The molecule has 0 aliphatic carbocycles. The maximum Gasteiger partial charge on any atom is 0.141 e. The maximum absolute atomic E-state index is 13.1. The molecular weight excluding hydrogens is 263 g/mol. The molecule has 2 nitrogen and oxygen atoms in total. The summed E-state index contributed by atoms with van der Waals surface area (Å²) in [4.78, 5) is 0. The van der Waals surface area contributed by atoms with Crippen LogP contribution in [0.1, 0.15) is 24.1 Å². The van der Waals surface area contributed by atoms with Crippen LogP contribution < -0.4 is 5.32 Å². The molecule has 4 heteroatoms. The molecule has 1 unspecified atom stereocenters. The average molecular weight is 275 g/mol. The zero-order valence-corrected chi connectivity index (χ0v) is 11.1. The minimum absolute atomic E-state index is 0.00479. The molecule has 0 spiro atoms. The van der Waals surface area contributed by atoms with E-state index in [9.17, 15) is 4.39 Å². The third kappa shape index (κ3) is 3.24. The van der Waals surface area contributed by atoms with Crippen LogP contribution in [0.2, 0.25) is 5.02 Å². The molecule has 1 atom stereocenters. The number of nitriles is 1. The number of benzene rings is 2. The second-order valence-electron chi connectivity index (χ2n) is 4.23. The second-order valence-corrected chi connectivity index (χ2v) is 4.64. The fourth-order valence-corrected chi connectivity index (χ4v) is 1.98. The number of nitrogens with zero attached hydrogens (tertiary/aromatic N) is 1. The van der Waals surface area contributed by atoms with Gasteiger partial charge in [0.25, 0.3) is 0 Å². The smallest absolute Gasteiger partial charge is 0.141 e. The maximum atomic E-state index is 13.1. The quantitative estimate of drug-likeness (QED) is 0.893. The van der Waals surface area contributed by atoms with Crippen LogP contribution >= 0.6 is 11.6 Å². The van der Waals surface area contributed by atoms with Crippen LogP contribution in [0.4, 0.5) is 10.1 Å². The molecule has 1 N–H and O–H groups in total. The molecule has 0 amide bonds. The standard InChI is InChI=1S/C15H12ClFN2/c1-10(12-4-2-3-11(7-12)9-18)19-13-5-6-15(17)14(16)8-13/h2-8,10,19H,1H3. The SMILES string of the molecule is CC(Nc1ccc(F)c(Cl)c1)c1cccc(C#N)c1. The minimum Gasteiger partial charge on any atom is -0.378 e. The highest BCUT2D eigenvalue weighted by atomic mass is 35.5. The minimum atomic E-state index is -0.439. The van der Waals surface area contributed by atoms with Crippen LogP contribution in [-0.2, 0) is 0 Å². The van der Waals surface area contributed by atoms with E-state index < -0.39 is 5.82 Å². The summed E-state index contributed by atoms with van der Waals surface area (Å²) in [5.41, 5.74) is 2.34. The second kappa shape index (κ2) is 5.73. The van der Waals surface area contributed by atoms with E-state index in [1.54, 1.807) is 18.2 Å². The van der Waals surface area contributed by atoms with Crippen LogP contribution in [0.5, 0.6) is 0 Å². The predicted molar refractivity (Wildman–Crippen MR) is 74.6 cm³/mol. The van der Waals surface area contributed by atoms with Crippen LogP contribution in [-0.4, -0.2) is 0 Å². The number of hydrogen-bond acceptors (Lipinski definition) is 2. The lowest BCUT2D eigenvalue weighted by Crippen LogP contribution is -2.06. The third-order valence-electron chi connectivity index (χ3n) is 2.82. The van der Waals surface area contributed by atoms with Gasteiger partial charge in [-0.2, -0.15) is 5.26 Å². The molecule has 2 aromatic carbocycles. The van der Waals surface area contributed by atoms with Crippen molar-refractivity contribution in [1.82, 2.24) is 0 Å². The Balaban J connectivity index is 2.18. The van der Waals surface area contributed by atoms with Gasteiger partial charge in [-0.05, 0) is 42.8 Å². The Labute approximate surface area is 116 Å². The first-order chi connectivity index (χ1) is 9.10. The largest absolute Gasteiger partial charge is 0.378 e. The molecule has 0 aromatic heterocycles. The van der Waals surface area contributed by atoms with Crippen molar-refractivity contribution in [3.05, 3.63) is 64.4 Å². The van der Waals surface area contributed by atoms with Gasteiger partial charge in [0.15, 0.2) is 0 Å². The lowest BCUT2D eigenvalue weighted by Gasteiger charge is -2.16. The van der Waals surface area contributed by atoms with Gasteiger partial charge in [0.05, 0.1) is 16.7 Å². The average Bonchev–Trinajstić information content (AvgIpc) is 2.43. The van der Waals surface area contributed by atoms with Gasteiger partial charge in [-0.15, -0.1) is 0 Å². The first-order valence-electron chi connectivity index (χ1n) is 5.82. The lowest BCUT2D eigenvalue weighted by atomic mass is 10.1. The summed E-state index contributed by atoms with van der Waals surface area (Å²) < 4.78 is 13.1. The highest BCUT2D eigenvalue weighted by molar-refractivity contribution is 6.31. The lowest BCUT2D eigenvalue weighted by molar-refractivity contribution is 0.628. The van der Waals surface area contributed by atoms with E-state index in [0.717, 1.165) is 11.3 Å². The molecule has 0 aliphatic rings. The van der Waals surface area contributed by atoms with Gasteiger partial charge >= 0.3 is 0 Å². The summed E-state index contributed by atoms with van der Waals surface area (Å²) in [5.74, 6) is -0.439. The monoisotopic (exact) mass is 274 g/mol. The topological polar surface area (TPSA) is 35.8 Å². The zero-order valence-electron chi connectivity index (χ0n) is 10.3. The van der Waals surface area contributed by atoms with Crippen molar-refractivity contribution in [1.29, 1.82) is 5.26 Å². The van der Waals surface area contributed by atoms with Crippen LogP contribution in [0, 0.1) is 17.1 Å². The molecular formula is C15H12ClFN2. The van der Waals surface area contributed by atoms with Crippen LogP contribution in [0.25, 0.3) is 0 Å². The van der Waals surface area contributed by atoms with E-state index in [1.165, 1.54) is 6.07 Å². The summed E-state index contributed by atoms with van der Waals surface area (Å²) in [7, 11) is 0. The van der Waals surface area contributed by atoms with Crippen molar-refractivity contribution in [2.24, 2.45) is 0 Å².